The zero-order valence-corrected chi connectivity index (χ0v) is 6.99. The average molecular weight is 183 g/mol. The summed E-state index contributed by atoms with van der Waals surface area (Å²) in [4.78, 5) is 0. The monoisotopic (exact) mass is 182 g/mol. The number of halogens is 1. The first-order valence-electron chi connectivity index (χ1n) is 2.50. The maximum atomic E-state index is 5.07. The van der Waals surface area contributed by atoms with E-state index in [0.717, 1.165) is 0 Å². The van der Waals surface area contributed by atoms with E-state index >= 15 is 0 Å². The third-order valence-corrected chi connectivity index (χ3v) is 1.32. The zero-order valence-electron chi connectivity index (χ0n) is 5.40. The Kier molecular flexibility index (Phi) is 3.60. The molecule has 0 aromatic heterocycles. The third-order valence-electron chi connectivity index (χ3n) is 0.767. The molecule has 0 radical (unpaired) electrons. The molecule has 0 aliphatic carbocycles. The molecule has 0 fully saturated rings. The highest BCUT2D eigenvalue weighted by Gasteiger charge is 2.16. The summed E-state index contributed by atoms with van der Waals surface area (Å²) < 4.78 is 9.35. The molecule has 0 heterocycles. The smallest absolute Gasteiger partial charge is 0.223 e. The van der Waals surface area contributed by atoms with Gasteiger partial charge < -0.3 is 9.47 Å². The van der Waals surface area contributed by atoms with E-state index in [1.54, 1.807) is 14.0 Å². The van der Waals surface area contributed by atoms with E-state index in [9.17, 15) is 0 Å². The lowest BCUT2D eigenvalue weighted by atomic mass is 10.7. The van der Waals surface area contributed by atoms with Gasteiger partial charge in [0.15, 0.2) is 0 Å². The second kappa shape index (κ2) is 3.43. The second-order valence-electron chi connectivity index (χ2n) is 1.47. The molecular weight excluding hydrogens is 172 g/mol. The molecule has 0 saturated carbocycles. The quantitative estimate of drug-likeness (QED) is 0.490. The normalized spacial score (nSPS) is 18.0. The topological polar surface area (TPSA) is 18.5 Å². The van der Waals surface area contributed by atoms with Crippen molar-refractivity contribution in [3.8, 4) is 0 Å². The van der Waals surface area contributed by atoms with Crippen molar-refractivity contribution in [1.82, 2.24) is 0 Å². The predicted octanol–water partition coefficient (Wildman–Crippen LogP) is 1.74. The molecule has 0 aliphatic rings. The van der Waals surface area contributed by atoms with Crippen molar-refractivity contribution in [3.05, 3.63) is 0 Å². The Bertz CT molecular complexity index is 63.4. The Morgan fingerprint density at radius 3 is 2.25 bits per heavy atom. The molecule has 0 N–H and O–H groups in total. The van der Waals surface area contributed by atoms with Crippen LogP contribution in [0.5, 0.6) is 0 Å². The van der Waals surface area contributed by atoms with Gasteiger partial charge in [-0.15, -0.1) is 0 Å². The van der Waals surface area contributed by atoms with Crippen LogP contribution in [0.1, 0.15) is 13.8 Å². The zero-order chi connectivity index (χ0) is 6.62. The van der Waals surface area contributed by atoms with Gasteiger partial charge >= 0.3 is 0 Å². The molecule has 0 aromatic rings. The van der Waals surface area contributed by atoms with E-state index in [2.05, 4.69) is 15.9 Å². The van der Waals surface area contributed by atoms with Crippen LogP contribution in [0.4, 0.5) is 0 Å². The molecule has 1 atom stereocenters. The minimum Gasteiger partial charge on any atom is -0.344 e. The van der Waals surface area contributed by atoms with Crippen LogP contribution in [0.3, 0.4) is 0 Å². The lowest BCUT2D eigenvalue weighted by molar-refractivity contribution is -0.131. The second-order valence-corrected chi connectivity index (χ2v) is 2.91. The van der Waals surface area contributed by atoms with Gasteiger partial charge in [-0.1, -0.05) is 0 Å². The van der Waals surface area contributed by atoms with E-state index in [1.165, 1.54) is 0 Å². The van der Waals surface area contributed by atoms with Crippen LogP contribution in [-0.4, -0.2) is 18.4 Å². The number of hydrogen-bond acceptors (Lipinski definition) is 2. The van der Waals surface area contributed by atoms with E-state index in [4.69, 9.17) is 9.47 Å². The maximum absolute atomic E-state index is 5.07. The summed E-state index contributed by atoms with van der Waals surface area (Å²) in [5.74, 6) is 0. The van der Waals surface area contributed by atoms with Gasteiger partial charge in [0, 0.05) is 20.6 Å². The average Bonchev–Trinajstić information content (AvgIpc) is 1.67. The molecule has 0 amide bonds. The third kappa shape index (κ3) is 3.41. The first-order valence-corrected chi connectivity index (χ1v) is 3.29. The van der Waals surface area contributed by atoms with Crippen LogP contribution < -0.4 is 0 Å². The summed E-state index contributed by atoms with van der Waals surface area (Å²) >= 11 is 3.20. The molecule has 0 aliphatic heterocycles. The highest BCUT2D eigenvalue weighted by molar-refractivity contribution is 9.10. The van der Waals surface area contributed by atoms with E-state index < -0.39 is 4.70 Å². The fourth-order valence-electron chi connectivity index (χ4n) is 0.317. The predicted molar refractivity (Wildman–Crippen MR) is 36.0 cm³/mol. The molecule has 0 saturated heterocycles. The fraction of sp³-hybridized carbons (Fsp3) is 1.00. The van der Waals surface area contributed by atoms with Gasteiger partial charge in [-0.25, -0.2) is 0 Å². The minimum atomic E-state index is -0.595. The van der Waals surface area contributed by atoms with Gasteiger partial charge in [-0.2, -0.15) is 0 Å². The summed E-state index contributed by atoms with van der Waals surface area (Å²) in [6.45, 7) is 4.37. The SMILES string of the molecule is CCOC(C)(Br)OC. The van der Waals surface area contributed by atoms with Crippen LogP contribution in [-0.2, 0) is 9.47 Å². The van der Waals surface area contributed by atoms with Crippen molar-refractivity contribution in [3.63, 3.8) is 0 Å². The van der Waals surface area contributed by atoms with Gasteiger partial charge in [0.25, 0.3) is 0 Å². The van der Waals surface area contributed by atoms with Gasteiger partial charge in [0.05, 0.1) is 0 Å². The van der Waals surface area contributed by atoms with Crippen molar-refractivity contribution in [2.45, 2.75) is 18.5 Å². The van der Waals surface area contributed by atoms with Gasteiger partial charge in [0.1, 0.15) is 0 Å². The summed E-state index contributed by atoms with van der Waals surface area (Å²) in [5.41, 5.74) is 0. The molecule has 0 spiro atoms. The van der Waals surface area contributed by atoms with Crippen molar-refractivity contribution < 1.29 is 9.47 Å². The Labute approximate surface area is 58.3 Å². The highest BCUT2D eigenvalue weighted by Crippen LogP contribution is 2.18. The van der Waals surface area contributed by atoms with Crippen LogP contribution in [0.2, 0.25) is 0 Å². The standard InChI is InChI=1S/C5H11BrO2/c1-4-8-5(2,6)7-3/h4H2,1-3H3. The first kappa shape index (κ1) is 8.40. The molecule has 0 rings (SSSR count). The molecule has 3 heteroatoms. The van der Waals surface area contributed by atoms with E-state index in [0.29, 0.717) is 6.61 Å². The van der Waals surface area contributed by atoms with Crippen molar-refractivity contribution >= 4 is 15.9 Å². The maximum Gasteiger partial charge on any atom is 0.223 e. The summed E-state index contributed by atoms with van der Waals surface area (Å²) in [5, 5.41) is 0. The Hall–Kier alpha value is 0.400. The number of hydrogen-bond donors (Lipinski definition) is 0. The summed E-state index contributed by atoms with van der Waals surface area (Å²) in [7, 11) is 1.59. The van der Waals surface area contributed by atoms with Crippen molar-refractivity contribution in [2.24, 2.45) is 0 Å². The molecule has 2 nitrogen and oxygen atoms in total. The van der Waals surface area contributed by atoms with Crippen LogP contribution in [0.25, 0.3) is 0 Å². The van der Waals surface area contributed by atoms with Crippen LogP contribution in [0, 0.1) is 0 Å². The largest absolute Gasteiger partial charge is 0.344 e. The molecule has 50 valence electrons. The number of rotatable bonds is 3. The molecule has 8 heavy (non-hydrogen) atoms. The van der Waals surface area contributed by atoms with E-state index in [1.807, 2.05) is 6.92 Å². The van der Waals surface area contributed by atoms with Crippen LogP contribution >= 0.6 is 15.9 Å². The molecule has 0 aromatic carbocycles. The highest BCUT2D eigenvalue weighted by atomic mass is 79.9. The Morgan fingerprint density at radius 1 is 1.62 bits per heavy atom. The minimum absolute atomic E-state index is 0.595. The fourth-order valence-corrected chi connectivity index (χ4v) is 0.546. The van der Waals surface area contributed by atoms with Gasteiger partial charge in [0.2, 0.25) is 4.70 Å². The van der Waals surface area contributed by atoms with Crippen molar-refractivity contribution in [1.29, 1.82) is 0 Å². The van der Waals surface area contributed by atoms with Crippen LogP contribution in [0.15, 0.2) is 0 Å². The Morgan fingerprint density at radius 2 is 2.12 bits per heavy atom. The first-order chi connectivity index (χ1) is 3.62. The molecular formula is C5H11BrO2. The lowest BCUT2D eigenvalue weighted by Gasteiger charge is -2.19. The molecule has 1 unspecified atom stereocenters. The van der Waals surface area contributed by atoms with E-state index in [-0.39, 0.29) is 0 Å². The molecule has 0 bridgehead atoms. The number of alkyl halides is 1. The summed E-state index contributed by atoms with van der Waals surface area (Å²) in [6, 6.07) is 0. The van der Waals surface area contributed by atoms with Gasteiger partial charge in [-0.3, -0.25) is 0 Å². The lowest BCUT2D eigenvalue weighted by Crippen LogP contribution is -2.22. The number of ether oxygens (including phenoxy) is 2. The Balaban J connectivity index is 3.37. The van der Waals surface area contributed by atoms with Gasteiger partial charge in [-0.05, 0) is 22.9 Å². The summed E-state index contributed by atoms with van der Waals surface area (Å²) in [6.07, 6.45) is 0. The number of methoxy groups -OCH3 is 1. The van der Waals surface area contributed by atoms with Crippen molar-refractivity contribution in [2.75, 3.05) is 13.7 Å².